The summed E-state index contributed by atoms with van der Waals surface area (Å²) in [5, 5.41) is 8.75. The highest BCUT2D eigenvalue weighted by molar-refractivity contribution is 5.55. The van der Waals surface area contributed by atoms with Gasteiger partial charge in [-0.2, -0.15) is 13.2 Å². The molecule has 0 aliphatic rings. The maximum Gasteiger partial charge on any atom is 0.418 e. The number of aliphatic hydroxyl groups is 1. The first kappa shape index (κ1) is 10.9. The lowest BCUT2D eigenvalue weighted by atomic mass is 10.2. The van der Waals surface area contributed by atoms with E-state index < -0.39 is 11.7 Å². The molecule has 0 atom stereocenters. The summed E-state index contributed by atoms with van der Waals surface area (Å²) in [6.07, 6.45) is -1.48. The Morgan fingerprint density at radius 3 is 2.75 bits per heavy atom. The van der Waals surface area contributed by atoms with Gasteiger partial charge in [0.2, 0.25) is 0 Å². The zero-order chi connectivity index (χ0) is 11.8. The molecular weight excluding hydrogens is 221 g/mol. The van der Waals surface area contributed by atoms with Crippen molar-refractivity contribution in [3.05, 3.63) is 35.9 Å². The molecule has 0 amide bonds. The van der Waals surface area contributed by atoms with Gasteiger partial charge in [0.25, 0.3) is 0 Å². The van der Waals surface area contributed by atoms with Crippen molar-refractivity contribution in [3.63, 3.8) is 0 Å². The highest BCUT2D eigenvalue weighted by Crippen LogP contribution is 2.32. The minimum Gasteiger partial charge on any atom is -0.396 e. The van der Waals surface area contributed by atoms with Crippen LogP contribution in [0.2, 0.25) is 0 Å². The highest BCUT2D eigenvalue weighted by atomic mass is 19.4. The van der Waals surface area contributed by atoms with E-state index in [0.717, 1.165) is 6.07 Å². The Morgan fingerprint density at radius 2 is 2.12 bits per heavy atom. The van der Waals surface area contributed by atoms with Crippen LogP contribution in [0, 0.1) is 0 Å². The molecule has 6 heteroatoms. The van der Waals surface area contributed by atoms with Crippen LogP contribution in [-0.4, -0.2) is 21.1 Å². The molecule has 0 saturated carbocycles. The fourth-order valence-corrected chi connectivity index (χ4v) is 1.60. The average Bonchev–Trinajstić information content (AvgIpc) is 2.61. The number of aliphatic hydroxyl groups excluding tert-OH is 1. The number of rotatable bonds is 2. The molecule has 0 unspecified atom stereocenters. The predicted molar refractivity (Wildman–Crippen MR) is 51.0 cm³/mol. The van der Waals surface area contributed by atoms with Gasteiger partial charge in [0.15, 0.2) is 0 Å². The number of alkyl halides is 3. The molecular formula is C10H9F3N2O. The fourth-order valence-electron chi connectivity index (χ4n) is 1.60. The molecule has 0 aliphatic heterocycles. The van der Waals surface area contributed by atoms with E-state index in [1.165, 1.54) is 22.9 Å². The van der Waals surface area contributed by atoms with Gasteiger partial charge in [-0.1, -0.05) is 0 Å². The van der Waals surface area contributed by atoms with Gasteiger partial charge in [0, 0.05) is 12.6 Å². The molecule has 0 bridgehead atoms. The van der Waals surface area contributed by atoms with E-state index in [2.05, 4.69) is 4.98 Å². The molecule has 1 N–H and O–H groups in total. The first-order chi connectivity index (χ1) is 7.54. The first-order valence-electron chi connectivity index (χ1n) is 4.67. The second-order valence-electron chi connectivity index (χ2n) is 3.32. The minimum absolute atomic E-state index is 0.0125. The van der Waals surface area contributed by atoms with Gasteiger partial charge in [0.1, 0.15) is 5.82 Å². The third-order valence-electron chi connectivity index (χ3n) is 2.29. The van der Waals surface area contributed by atoms with E-state index in [-0.39, 0.29) is 18.5 Å². The van der Waals surface area contributed by atoms with Crippen molar-refractivity contribution in [1.82, 2.24) is 9.38 Å². The minimum atomic E-state index is -4.39. The molecule has 2 aromatic rings. The molecule has 0 aliphatic carbocycles. The largest absolute Gasteiger partial charge is 0.418 e. The Bertz CT molecular complexity index is 504. The van der Waals surface area contributed by atoms with E-state index in [1.54, 1.807) is 0 Å². The zero-order valence-corrected chi connectivity index (χ0v) is 8.20. The Hall–Kier alpha value is -1.56. The molecule has 0 fully saturated rings. The quantitative estimate of drug-likeness (QED) is 0.855. The number of aromatic nitrogens is 2. The third-order valence-corrected chi connectivity index (χ3v) is 2.29. The number of hydrogen-bond donors (Lipinski definition) is 1. The smallest absolute Gasteiger partial charge is 0.396 e. The maximum atomic E-state index is 12.6. The van der Waals surface area contributed by atoms with Crippen LogP contribution in [0.25, 0.3) is 5.52 Å². The SMILES string of the molecule is OCCc1ncc2c(C(F)(F)F)cccn12. The van der Waals surface area contributed by atoms with Crippen molar-refractivity contribution in [2.24, 2.45) is 0 Å². The highest BCUT2D eigenvalue weighted by Gasteiger charge is 2.33. The van der Waals surface area contributed by atoms with Gasteiger partial charge in [-0.05, 0) is 12.1 Å². The Balaban J connectivity index is 2.62. The summed E-state index contributed by atoms with van der Waals surface area (Å²) in [5.41, 5.74) is -0.704. The van der Waals surface area contributed by atoms with E-state index >= 15 is 0 Å². The normalized spacial score (nSPS) is 12.2. The second-order valence-corrected chi connectivity index (χ2v) is 3.32. The number of halogens is 3. The molecule has 0 radical (unpaired) electrons. The van der Waals surface area contributed by atoms with Crippen molar-refractivity contribution < 1.29 is 18.3 Å². The molecule has 2 rings (SSSR count). The van der Waals surface area contributed by atoms with E-state index in [4.69, 9.17) is 5.11 Å². The fraction of sp³-hybridized carbons (Fsp3) is 0.300. The summed E-state index contributed by atoms with van der Waals surface area (Å²) < 4.78 is 39.2. The van der Waals surface area contributed by atoms with Crippen LogP contribution in [0.5, 0.6) is 0 Å². The number of imidazole rings is 1. The Labute approximate surface area is 89.2 Å². The van der Waals surface area contributed by atoms with Crippen molar-refractivity contribution in [2.75, 3.05) is 6.61 Å². The number of fused-ring (bicyclic) bond motifs is 1. The Morgan fingerprint density at radius 1 is 1.38 bits per heavy atom. The Kier molecular flexibility index (Phi) is 2.59. The van der Waals surface area contributed by atoms with Crippen LogP contribution < -0.4 is 0 Å². The summed E-state index contributed by atoms with van der Waals surface area (Å²) in [4.78, 5) is 3.86. The molecule has 0 spiro atoms. The van der Waals surface area contributed by atoms with Gasteiger partial charge in [-0.3, -0.25) is 0 Å². The van der Waals surface area contributed by atoms with Crippen LogP contribution in [0.3, 0.4) is 0 Å². The second kappa shape index (κ2) is 3.79. The van der Waals surface area contributed by atoms with E-state index in [9.17, 15) is 13.2 Å². The molecule has 0 aromatic carbocycles. The molecule has 0 saturated heterocycles. The number of hydrogen-bond acceptors (Lipinski definition) is 2. The number of nitrogens with zero attached hydrogens (tertiary/aromatic N) is 2. The van der Waals surface area contributed by atoms with E-state index in [0.29, 0.717) is 5.82 Å². The van der Waals surface area contributed by atoms with Crippen molar-refractivity contribution in [3.8, 4) is 0 Å². The molecule has 2 aromatic heterocycles. The standard InChI is InChI=1S/C10H9F3N2O/c11-10(12,13)7-2-1-4-15-8(7)6-14-9(15)3-5-16/h1-2,4,6,16H,3,5H2. The monoisotopic (exact) mass is 230 g/mol. The summed E-state index contributed by atoms with van der Waals surface area (Å²) in [6, 6.07) is 2.33. The van der Waals surface area contributed by atoms with Crippen molar-refractivity contribution in [2.45, 2.75) is 12.6 Å². The van der Waals surface area contributed by atoms with Gasteiger partial charge in [0.05, 0.1) is 23.9 Å². The maximum absolute atomic E-state index is 12.6. The molecule has 86 valence electrons. The lowest BCUT2D eigenvalue weighted by Gasteiger charge is -2.08. The molecule has 16 heavy (non-hydrogen) atoms. The molecule has 3 nitrogen and oxygen atoms in total. The lowest BCUT2D eigenvalue weighted by molar-refractivity contribution is -0.136. The molecule has 2 heterocycles. The third kappa shape index (κ3) is 1.76. The summed E-state index contributed by atoms with van der Waals surface area (Å²) in [6.45, 7) is -0.143. The predicted octanol–water partition coefficient (Wildman–Crippen LogP) is 1.89. The zero-order valence-electron chi connectivity index (χ0n) is 8.20. The summed E-state index contributed by atoms with van der Waals surface area (Å²) in [5.74, 6) is 0.420. The summed E-state index contributed by atoms with van der Waals surface area (Å²) >= 11 is 0. The summed E-state index contributed by atoms with van der Waals surface area (Å²) in [7, 11) is 0. The van der Waals surface area contributed by atoms with Gasteiger partial charge >= 0.3 is 6.18 Å². The van der Waals surface area contributed by atoms with Gasteiger partial charge < -0.3 is 9.51 Å². The van der Waals surface area contributed by atoms with Crippen LogP contribution in [0.1, 0.15) is 11.4 Å². The number of pyridine rings is 1. The van der Waals surface area contributed by atoms with Crippen LogP contribution in [-0.2, 0) is 12.6 Å². The van der Waals surface area contributed by atoms with Crippen LogP contribution in [0.15, 0.2) is 24.5 Å². The van der Waals surface area contributed by atoms with Crippen LogP contribution >= 0.6 is 0 Å². The first-order valence-corrected chi connectivity index (χ1v) is 4.67. The van der Waals surface area contributed by atoms with Gasteiger partial charge in [-0.25, -0.2) is 4.98 Å². The average molecular weight is 230 g/mol. The topological polar surface area (TPSA) is 37.5 Å². The van der Waals surface area contributed by atoms with Crippen LogP contribution in [0.4, 0.5) is 13.2 Å². The lowest BCUT2D eigenvalue weighted by Crippen LogP contribution is -2.07. The van der Waals surface area contributed by atoms with Gasteiger partial charge in [-0.15, -0.1) is 0 Å². The van der Waals surface area contributed by atoms with Crippen molar-refractivity contribution in [1.29, 1.82) is 0 Å². The van der Waals surface area contributed by atoms with E-state index in [1.807, 2.05) is 0 Å². The van der Waals surface area contributed by atoms with Crippen molar-refractivity contribution >= 4 is 5.52 Å².